The Hall–Kier alpha value is -0.990. The molecule has 0 bridgehead atoms. The van der Waals surface area contributed by atoms with Gasteiger partial charge in [-0.2, -0.15) is 0 Å². The fraction of sp³-hybridized carbons (Fsp3) is 0.571. The number of nitrogens with zero attached hydrogens (tertiary/aromatic N) is 2. The Morgan fingerprint density at radius 3 is 2.30 bits per heavy atom. The SMILES string of the molecule is CCc1cn(C)c(=O)n1C. The summed E-state index contributed by atoms with van der Waals surface area (Å²) in [5.74, 6) is 0. The number of aromatic nitrogens is 2. The lowest BCUT2D eigenvalue weighted by molar-refractivity contribution is 0.754. The maximum atomic E-state index is 11.1. The van der Waals surface area contributed by atoms with Crippen LogP contribution >= 0.6 is 0 Å². The maximum absolute atomic E-state index is 11.1. The van der Waals surface area contributed by atoms with Gasteiger partial charge < -0.3 is 4.57 Å². The van der Waals surface area contributed by atoms with Crippen LogP contribution in [0, 0.1) is 0 Å². The lowest BCUT2D eigenvalue weighted by atomic mass is 10.4. The molecule has 0 amide bonds. The summed E-state index contributed by atoms with van der Waals surface area (Å²) in [6.45, 7) is 2.04. The van der Waals surface area contributed by atoms with Crippen LogP contribution in [0.1, 0.15) is 12.6 Å². The second kappa shape index (κ2) is 2.33. The van der Waals surface area contributed by atoms with Crippen molar-refractivity contribution in [2.24, 2.45) is 14.1 Å². The normalized spacial score (nSPS) is 10.3. The molecule has 1 aromatic rings. The second-order valence-electron chi connectivity index (χ2n) is 2.43. The van der Waals surface area contributed by atoms with E-state index in [1.54, 1.807) is 23.2 Å². The Kier molecular flexibility index (Phi) is 1.66. The second-order valence-corrected chi connectivity index (χ2v) is 2.43. The third kappa shape index (κ3) is 0.875. The topological polar surface area (TPSA) is 26.9 Å². The smallest absolute Gasteiger partial charge is 0.302 e. The zero-order chi connectivity index (χ0) is 7.72. The molecule has 0 atom stereocenters. The van der Waals surface area contributed by atoms with Gasteiger partial charge in [0.05, 0.1) is 0 Å². The third-order valence-corrected chi connectivity index (χ3v) is 1.72. The average Bonchev–Trinajstić information content (AvgIpc) is 2.17. The summed E-state index contributed by atoms with van der Waals surface area (Å²) in [6.07, 6.45) is 2.77. The van der Waals surface area contributed by atoms with Crippen molar-refractivity contribution in [3.63, 3.8) is 0 Å². The first-order valence-electron chi connectivity index (χ1n) is 3.38. The summed E-state index contributed by atoms with van der Waals surface area (Å²) < 4.78 is 3.26. The molecule has 0 spiro atoms. The standard InChI is InChI=1S/C7H12N2O/c1-4-6-5-8(2)7(10)9(6)3/h5H,4H2,1-3H3. The molecule has 10 heavy (non-hydrogen) atoms. The van der Waals surface area contributed by atoms with Crippen molar-refractivity contribution < 1.29 is 0 Å². The first-order chi connectivity index (χ1) is 4.66. The van der Waals surface area contributed by atoms with Crippen molar-refractivity contribution in [2.75, 3.05) is 0 Å². The molecule has 0 aliphatic rings. The molecule has 0 aliphatic heterocycles. The summed E-state index contributed by atoms with van der Waals surface area (Å²) >= 11 is 0. The summed E-state index contributed by atoms with van der Waals surface area (Å²) in [6, 6.07) is 0. The zero-order valence-corrected chi connectivity index (χ0v) is 6.59. The van der Waals surface area contributed by atoms with Crippen molar-refractivity contribution in [3.05, 3.63) is 22.4 Å². The van der Waals surface area contributed by atoms with Gasteiger partial charge in [-0.15, -0.1) is 0 Å². The Balaban J connectivity index is 3.31. The molecule has 3 heteroatoms. The fourth-order valence-corrected chi connectivity index (χ4v) is 1.05. The molecule has 0 saturated heterocycles. The van der Waals surface area contributed by atoms with Crippen LogP contribution in [0.4, 0.5) is 0 Å². The van der Waals surface area contributed by atoms with Crippen LogP contribution in [0.25, 0.3) is 0 Å². The highest BCUT2D eigenvalue weighted by Crippen LogP contribution is 1.93. The number of rotatable bonds is 1. The predicted molar refractivity (Wildman–Crippen MR) is 40.0 cm³/mol. The van der Waals surface area contributed by atoms with E-state index in [1.165, 1.54) is 0 Å². The number of hydrogen-bond acceptors (Lipinski definition) is 1. The minimum atomic E-state index is 0.0526. The molecule has 1 aromatic heterocycles. The van der Waals surface area contributed by atoms with Crippen molar-refractivity contribution in [3.8, 4) is 0 Å². The summed E-state index contributed by atoms with van der Waals surface area (Å²) in [4.78, 5) is 11.1. The van der Waals surface area contributed by atoms with Gasteiger partial charge in [0.25, 0.3) is 0 Å². The van der Waals surface area contributed by atoms with Crippen LogP contribution in [0.15, 0.2) is 11.0 Å². The average molecular weight is 140 g/mol. The molecule has 0 aromatic carbocycles. The maximum Gasteiger partial charge on any atom is 0.327 e. The van der Waals surface area contributed by atoms with Crippen LogP contribution in [-0.4, -0.2) is 9.13 Å². The van der Waals surface area contributed by atoms with Gasteiger partial charge in [-0.25, -0.2) is 4.79 Å². The Morgan fingerprint density at radius 2 is 2.10 bits per heavy atom. The van der Waals surface area contributed by atoms with Crippen LogP contribution in [0.3, 0.4) is 0 Å². The monoisotopic (exact) mass is 140 g/mol. The lowest BCUT2D eigenvalue weighted by Gasteiger charge is -1.92. The Labute approximate surface area is 59.9 Å². The minimum Gasteiger partial charge on any atom is -0.302 e. The lowest BCUT2D eigenvalue weighted by Crippen LogP contribution is -2.20. The van der Waals surface area contributed by atoms with Crippen molar-refractivity contribution >= 4 is 0 Å². The van der Waals surface area contributed by atoms with Crippen LogP contribution in [0.5, 0.6) is 0 Å². The molecule has 0 aliphatic carbocycles. The highest BCUT2D eigenvalue weighted by molar-refractivity contribution is 4.98. The molecule has 56 valence electrons. The minimum absolute atomic E-state index is 0.0526. The molecular formula is C7H12N2O. The van der Waals surface area contributed by atoms with Crippen molar-refractivity contribution in [1.82, 2.24) is 9.13 Å². The highest BCUT2D eigenvalue weighted by Gasteiger charge is 2.00. The van der Waals surface area contributed by atoms with E-state index in [2.05, 4.69) is 0 Å². The fourth-order valence-electron chi connectivity index (χ4n) is 1.05. The predicted octanol–water partition coefficient (Wildman–Crippen LogP) is 0.286. The van der Waals surface area contributed by atoms with E-state index in [1.807, 2.05) is 13.1 Å². The van der Waals surface area contributed by atoms with Gasteiger partial charge in [0.2, 0.25) is 0 Å². The van der Waals surface area contributed by atoms with Crippen LogP contribution < -0.4 is 5.69 Å². The molecule has 0 N–H and O–H groups in total. The van der Waals surface area contributed by atoms with Gasteiger partial charge in [0.1, 0.15) is 0 Å². The van der Waals surface area contributed by atoms with E-state index in [9.17, 15) is 4.79 Å². The van der Waals surface area contributed by atoms with E-state index in [0.29, 0.717) is 0 Å². The van der Waals surface area contributed by atoms with Gasteiger partial charge in [-0.3, -0.25) is 4.57 Å². The molecule has 0 radical (unpaired) electrons. The van der Waals surface area contributed by atoms with E-state index >= 15 is 0 Å². The first kappa shape index (κ1) is 7.12. The summed E-state index contributed by atoms with van der Waals surface area (Å²) in [7, 11) is 3.56. The zero-order valence-electron chi connectivity index (χ0n) is 6.59. The Morgan fingerprint density at radius 1 is 1.50 bits per heavy atom. The number of hydrogen-bond donors (Lipinski definition) is 0. The van der Waals surface area contributed by atoms with Gasteiger partial charge >= 0.3 is 5.69 Å². The van der Waals surface area contributed by atoms with E-state index in [0.717, 1.165) is 12.1 Å². The van der Waals surface area contributed by atoms with Crippen molar-refractivity contribution in [1.29, 1.82) is 0 Å². The summed E-state index contributed by atoms with van der Waals surface area (Å²) in [5, 5.41) is 0. The molecular weight excluding hydrogens is 128 g/mol. The van der Waals surface area contributed by atoms with Crippen LogP contribution in [-0.2, 0) is 20.5 Å². The highest BCUT2D eigenvalue weighted by atomic mass is 16.1. The van der Waals surface area contributed by atoms with E-state index < -0.39 is 0 Å². The first-order valence-corrected chi connectivity index (χ1v) is 3.38. The molecule has 0 fully saturated rings. The van der Waals surface area contributed by atoms with Crippen LogP contribution in [0.2, 0.25) is 0 Å². The van der Waals surface area contributed by atoms with E-state index in [4.69, 9.17) is 0 Å². The molecule has 1 heterocycles. The molecule has 0 saturated carbocycles. The number of imidazole rings is 1. The van der Waals surface area contributed by atoms with E-state index in [-0.39, 0.29) is 5.69 Å². The third-order valence-electron chi connectivity index (χ3n) is 1.72. The largest absolute Gasteiger partial charge is 0.327 e. The quantitative estimate of drug-likeness (QED) is 0.550. The van der Waals surface area contributed by atoms with Gasteiger partial charge in [0.15, 0.2) is 0 Å². The van der Waals surface area contributed by atoms with Gasteiger partial charge in [-0.1, -0.05) is 6.92 Å². The Bertz CT molecular complexity index is 282. The van der Waals surface area contributed by atoms with Gasteiger partial charge in [0, 0.05) is 26.0 Å². The number of aryl methyl sites for hydroxylation is 2. The summed E-state index contributed by atoms with van der Waals surface area (Å²) in [5.41, 5.74) is 1.13. The van der Waals surface area contributed by atoms with Gasteiger partial charge in [-0.05, 0) is 6.42 Å². The molecule has 3 nitrogen and oxygen atoms in total. The molecule has 0 unspecified atom stereocenters. The van der Waals surface area contributed by atoms with Crippen molar-refractivity contribution in [2.45, 2.75) is 13.3 Å². The molecule has 1 rings (SSSR count).